The Morgan fingerprint density at radius 1 is 1.44 bits per heavy atom. The zero-order valence-electron chi connectivity index (χ0n) is 10.8. The maximum atomic E-state index is 6.00. The molecular weight excluding hydrogens is 244 g/mol. The van der Waals surface area contributed by atoms with Crippen molar-refractivity contribution in [3.63, 3.8) is 0 Å². The molecule has 1 aliphatic carbocycles. The van der Waals surface area contributed by atoms with Crippen molar-refractivity contribution >= 4 is 17.2 Å². The molecule has 0 saturated heterocycles. The molecule has 0 bridgehead atoms. The normalized spacial score (nSPS) is 23.6. The van der Waals surface area contributed by atoms with E-state index in [4.69, 9.17) is 22.7 Å². The molecule has 0 radical (unpaired) electrons. The van der Waals surface area contributed by atoms with Crippen molar-refractivity contribution in [1.29, 1.82) is 0 Å². The molecule has 2 unspecified atom stereocenters. The molecule has 0 spiro atoms. The smallest absolute Gasteiger partial charge is 0.213 e. The summed E-state index contributed by atoms with van der Waals surface area (Å²) in [6.07, 6.45) is 8.16. The van der Waals surface area contributed by atoms with Gasteiger partial charge in [0.15, 0.2) is 0 Å². The van der Waals surface area contributed by atoms with E-state index in [1.54, 1.807) is 6.20 Å². The highest BCUT2D eigenvalue weighted by molar-refractivity contribution is 7.80. The summed E-state index contributed by atoms with van der Waals surface area (Å²) in [5, 5.41) is 0. The van der Waals surface area contributed by atoms with Gasteiger partial charge in [-0.2, -0.15) is 0 Å². The third-order valence-electron chi connectivity index (χ3n) is 3.66. The van der Waals surface area contributed by atoms with E-state index in [0.717, 1.165) is 12.0 Å². The minimum Gasteiger partial charge on any atom is -0.474 e. The minimum absolute atomic E-state index is 0.312. The van der Waals surface area contributed by atoms with Gasteiger partial charge in [-0.05, 0) is 37.7 Å². The number of thiocarbonyl (C=S) groups is 1. The molecule has 2 atom stereocenters. The van der Waals surface area contributed by atoms with Crippen LogP contribution in [0.1, 0.15) is 44.6 Å². The van der Waals surface area contributed by atoms with Gasteiger partial charge >= 0.3 is 0 Å². The summed E-state index contributed by atoms with van der Waals surface area (Å²) in [7, 11) is 0. The van der Waals surface area contributed by atoms with Crippen molar-refractivity contribution in [2.24, 2.45) is 11.7 Å². The van der Waals surface area contributed by atoms with Crippen molar-refractivity contribution in [3.8, 4) is 5.88 Å². The van der Waals surface area contributed by atoms with Crippen LogP contribution in [0.2, 0.25) is 0 Å². The van der Waals surface area contributed by atoms with Crippen LogP contribution in [0.3, 0.4) is 0 Å². The van der Waals surface area contributed by atoms with Gasteiger partial charge in [0.25, 0.3) is 0 Å². The molecule has 2 N–H and O–H groups in total. The minimum atomic E-state index is 0.312. The molecule has 0 aliphatic heterocycles. The number of rotatable bonds is 4. The maximum absolute atomic E-state index is 6.00. The molecule has 0 aromatic carbocycles. The fourth-order valence-corrected chi connectivity index (χ4v) is 2.67. The lowest BCUT2D eigenvalue weighted by Gasteiger charge is -2.30. The highest BCUT2D eigenvalue weighted by Gasteiger charge is 2.25. The summed E-state index contributed by atoms with van der Waals surface area (Å²) in [4.78, 5) is 4.65. The summed E-state index contributed by atoms with van der Waals surface area (Å²) in [6.45, 7) is 2.23. The van der Waals surface area contributed by atoms with Crippen molar-refractivity contribution in [1.82, 2.24) is 4.98 Å². The Morgan fingerprint density at radius 2 is 2.22 bits per heavy atom. The van der Waals surface area contributed by atoms with Gasteiger partial charge in [0, 0.05) is 17.8 Å². The van der Waals surface area contributed by atoms with E-state index in [1.165, 1.54) is 25.7 Å². The molecular formula is C14H20N2OS. The van der Waals surface area contributed by atoms with E-state index in [-0.39, 0.29) is 0 Å². The molecule has 18 heavy (non-hydrogen) atoms. The number of nitrogens with zero attached hydrogens (tertiary/aromatic N) is 1. The summed E-state index contributed by atoms with van der Waals surface area (Å²) in [6, 6.07) is 3.73. The number of nitrogens with two attached hydrogens (primary N) is 1. The van der Waals surface area contributed by atoms with Gasteiger partial charge in [0.1, 0.15) is 11.1 Å². The molecule has 1 aromatic rings. The van der Waals surface area contributed by atoms with Gasteiger partial charge in [-0.15, -0.1) is 0 Å². The molecule has 3 nitrogen and oxygen atoms in total. The summed E-state index contributed by atoms with van der Waals surface area (Å²) < 4.78 is 6.00. The quantitative estimate of drug-likeness (QED) is 0.849. The van der Waals surface area contributed by atoms with Crippen LogP contribution >= 0.6 is 12.2 Å². The predicted molar refractivity (Wildman–Crippen MR) is 76.8 cm³/mol. The topological polar surface area (TPSA) is 48.1 Å². The Kier molecular flexibility index (Phi) is 4.53. The van der Waals surface area contributed by atoms with Crippen LogP contribution in [-0.2, 0) is 0 Å². The highest BCUT2D eigenvalue weighted by Crippen LogP contribution is 2.29. The average molecular weight is 264 g/mol. The van der Waals surface area contributed by atoms with Crippen molar-refractivity contribution in [2.45, 2.75) is 45.1 Å². The van der Waals surface area contributed by atoms with Crippen LogP contribution in [0, 0.1) is 5.92 Å². The third-order valence-corrected chi connectivity index (χ3v) is 3.89. The lowest BCUT2D eigenvalue weighted by molar-refractivity contribution is 0.0858. The molecule has 4 heteroatoms. The first kappa shape index (κ1) is 13.3. The lowest BCUT2D eigenvalue weighted by atomic mass is 9.85. The Labute approximate surface area is 114 Å². The van der Waals surface area contributed by atoms with Crippen LogP contribution < -0.4 is 10.5 Å². The van der Waals surface area contributed by atoms with Gasteiger partial charge < -0.3 is 10.5 Å². The molecule has 1 heterocycles. The highest BCUT2D eigenvalue weighted by atomic mass is 32.1. The third kappa shape index (κ3) is 3.19. The van der Waals surface area contributed by atoms with Gasteiger partial charge in [-0.25, -0.2) is 4.98 Å². The molecule has 1 fully saturated rings. The molecule has 2 rings (SSSR count). The average Bonchev–Trinajstić information content (AvgIpc) is 2.40. The number of aromatic nitrogens is 1. The van der Waals surface area contributed by atoms with Gasteiger partial charge in [0.2, 0.25) is 5.88 Å². The van der Waals surface area contributed by atoms with Crippen LogP contribution in [-0.4, -0.2) is 16.1 Å². The van der Waals surface area contributed by atoms with E-state index in [2.05, 4.69) is 11.9 Å². The second-order valence-electron chi connectivity index (χ2n) is 4.86. The Bertz CT molecular complexity index is 405. The van der Waals surface area contributed by atoms with E-state index < -0.39 is 0 Å². The molecule has 0 amide bonds. The summed E-state index contributed by atoms with van der Waals surface area (Å²) >= 11 is 4.90. The summed E-state index contributed by atoms with van der Waals surface area (Å²) in [5.74, 6) is 1.34. The van der Waals surface area contributed by atoms with Crippen molar-refractivity contribution in [3.05, 3.63) is 23.9 Å². The van der Waals surface area contributed by atoms with Crippen LogP contribution in [0.4, 0.5) is 0 Å². The lowest BCUT2D eigenvalue weighted by Crippen LogP contribution is -2.30. The first-order valence-electron chi connectivity index (χ1n) is 6.63. The van der Waals surface area contributed by atoms with E-state index in [9.17, 15) is 0 Å². The number of ether oxygens (including phenoxy) is 1. The van der Waals surface area contributed by atoms with Gasteiger partial charge in [-0.1, -0.05) is 25.6 Å². The second-order valence-corrected chi connectivity index (χ2v) is 5.30. The van der Waals surface area contributed by atoms with E-state index >= 15 is 0 Å². The van der Waals surface area contributed by atoms with Crippen LogP contribution in [0.5, 0.6) is 5.88 Å². The first-order valence-corrected chi connectivity index (χ1v) is 7.04. The van der Waals surface area contributed by atoms with Crippen molar-refractivity contribution in [2.75, 3.05) is 0 Å². The largest absolute Gasteiger partial charge is 0.474 e. The van der Waals surface area contributed by atoms with Gasteiger partial charge in [-0.3, -0.25) is 0 Å². The van der Waals surface area contributed by atoms with Crippen LogP contribution in [0.15, 0.2) is 18.3 Å². The first-order chi connectivity index (χ1) is 8.70. The predicted octanol–water partition coefficient (Wildman–Crippen LogP) is 3.06. The standard InChI is InChI=1S/C14H20N2OS/c1-2-10-5-3-4-6-12(10)17-13-8-7-11(9-16-13)14(15)18/h7-10,12H,2-6H2,1H3,(H2,15,18). The van der Waals surface area contributed by atoms with Crippen LogP contribution in [0.25, 0.3) is 0 Å². The Morgan fingerprint density at radius 3 is 2.83 bits per heavy atom. The zero-order chi connectivity index (χ0) is 13.0. The molecule has 1 aliphatic rings. The van der Waals surface area contributed by atoms with Crippen molar-refractivity contribution < 1.29 is 4.74 Å². The number of hydrogen-bond donors (Lipinski definition) is 1. The molecule has 1 saturated carbocycles. The fraction of sp³-hybridized carbons (Fsp3) is 0.571. The second kappa shape index (κ2) is 6.14. The van der Waals surface area contributed by atoms with E-state index in [1.807, 2.05) is 12.1 Å². The molecule has 1 aromatic heterocycles. The monoisotopic (exact) mass is 264 g/mol. The fourth-order valence-electron chi connectivity index (χ4n) is 2.55. The van der Waals surface area contributed by atoms with Gasteiger partial charge in [0.05, 0.1) is 0 Å². The number of hydrogen-bond acceptors (Lipinski definition) is 3. The van der Waals surface area contributed by atoms with E-state index in [0.29, 0.717) is 22.9 Å². The number of pyridine rings is 1. The SMILES string of the molecule is CCC1CCCCC1Oc1ccc(C(N)=S)cn1. The Hall–Kier alpha value is -1.16. The maximum Gasteiger partial charge on any atom is 0.213 e. The zero-order valence-corrected chi connectivity index (χ0v) is 11.6. The molecule has 98 valence electrons. The Balaban J connectivity index is 2.01. The summed E-state index contributed by atoms with van der Waals surface area (Å²) in [5.41, 5.74) is 6.33.